The third-order valence-corrected chi connectivity index (χ3v) is 4.50. The van der Waals surface area contributed by atoms with Gasteiger partial charge in [0.1, 0.15) is 6.04 Å². The molecule has 1 amide bonds. The lowest BCUT2D eigenvalue weighted by Gasteiger charge is -2.29. The molecule has 1 N–H and O–H groups in total. The molecule has 0 aliphatic carbocycles. The Morgan fingerprint density at radius 2 is 1.92 bits per heavy atom. The maximum absolute atomic E-state index is 12.4. The number of hydrogen-bond donors (Lipinski definition) is 1. The van der Waals surface area contributed by atoms with Gasteiger partial charge in [0.2, 0.25) is 5.91 Å². The number of nitrogens with one attached hydrogen (secondary N) is 1. The van der Waals surface area contributed by atoms with Crippen molar-refractivity contribution < 1.29 is 14.3 Å². The molecule has 142 valence electrons. The molecule has 0 fully saturated rings. The average Bonchev–Trinajstić information content (AvgIpc) is 2.91. The number of carbonyl (C=O) groups is 2. The highest BCUT2D eigenvalue weighted by Gasteiger charge is 2.33. The lowest BCUT2D eigenvalue weighted by molar-refractivity contribution is -0.148. The summed E-state index contributed by atoms with van der Waals surface area (Å²) < 4.78 is 6.62. The topological polar surface area (TPSA) is 85.6 Å². The molecule has 0 radical (unpaired) electrons. The van der Waals surface area contributed by atoms with E-state index in [0.717, 1.165) is 28.3 Å². The van der Waals surface area contributed by atoms with Gasteiger partial charge in [0.25, 0.3) is 0 Å². The maximum Gasteiger partial charge on any atom is 0.328 e. The third kappa shape index (κ3) is 4.20. The van der Waals surface area contributed by atoms with Crippen LogP contribution in [0.4, 0.5) is 0 Å². The zero-order chi connectivity index (χ0) is 19.6. The second-order valence-electron chi connectivity index (χ2n) is 7.71. The largest absolute Gasteiger partial charge is 0.467 e. The fourth-order valence-electron chi connectivity index (χ4n) is 3.02. The summed E-state index contributed by atoms with van der Waals surface area (Å²) in [4.78, 5) is 29.0. The van der Waals surface area contributed by atoms with Crippen molar-refractivity contribution >= 4 is 17.5 Å². The summed E-state index contributed by atoms with van der Waals surface area (Å²) in [6, 6.07) is 1.25. The van der Waals surface area contributed by atoms with Crippen LogP contribution in [0, 0.1) is 26.2 Å². The van der Waals surface area contributed by atoms with Gasteiger partial charge >= 0.3 is 5.97 Å². The fraction of sp³-hybridized carbons (Fsp3) is 0.579. The SMILES string of the molecule is COC(=O)[C@@H](NC(=O)CCc1c(C)nc2cc(C)nn2c1C)C(C)(C)C. The Morgan fingerprint density at radius 1 is 1.27 bits per heavy atom. The van der Waals surface area contributed by atoms with E-state index in [4.69, 9.17) is 4.74 Å². The number of ether oxygens (including phenoxy) is 1. The number of amides is 1. The molecule has 2 aromatic rings. The minimum Gasteiger partial charge on any atom is -0.467 e. The summed E-state index contributed by atoms with van der Waals surface area (Å²) in [7, 11) is 1.33. The molecule has 2 rings (SSSR count). The van der Waals surface area contributed by atoms with E-state index in [2.05, 4.69) is 15.4 Å². The standard InChI is InChI=1S/C19H28N4O3/c1-11-10-15-20-12(2)14(13(3)23(15)22-11)8-9-16(24)21-17(18(25)26-7)19(4,5)6/h10,17H,8-9H2,1-7H3,(H,21,24)/t17-/m1/s1. The van der Waals surface area contributed by atoms with Crippen molar-refractivity contribution in [2.45, 2.75) is 60.4 Å². The van der Waals surface area contributed by atoms with E-state index in [0.29, 0.717) is 6.42 Å². The van der Waals surface area contributed by atoms with Gasteiger partial charge in [-0.3, -0.25) is 4.79 Å². The fourth-order valence-corrected chi connectivity index (χ4v) is 3.02. The molecule has 0 aromatic carbocycles. The van der Waals surface area contributed by atoms with Crippen LogP contribution in [0.1, 0.15) is 49.8 Å². The predicted molar refractivity (Wildman–Crippen MR) is 98.9 cm³/mol. The van der Waals surface area contributed by atoms with Gasteiger partial charge in [-0.1, -0.05) is 20.8 Å². The van der Waals surface area contributed by atoms with Gasteiger partial charge in [0.15, 0.2) is 5.65 Å². The molecule has 7 heteroatoms. The van der Waals surface area contributed by atoms with E-state index in [1.165, 1.54) is 7.11 Å². The lowest BCUT2D eigenvalue weighted by atomic mass is 9.86. The van der Waals surface area contributed by atoms with Crippen LogP contribution < -0.4 is 5.32 Å². The van der Waals surface area contributed by atoms with Crippen molar-refractivity contribution in [2.24, 2.45) is 5.41 Å². The van der Waals surface area contributed by atoms with Gasteiger partial charge in [-0.15, -0.1) is 0 Å². The summed E-state index contributed by atoms with van der Waals surface area (Å²) in [5, 5.41) is 7.25. The van der Waals surface area contributed by atoms with Crippen LogP contribution in [0.3, 0.4) is 0 Å². The lowest BCUT2D eigenvalue weighted by Crippen LogP contribution is -2.49. The summed E-state index contributed by atoms with van der Waals surface area (Å²) in [5.41, 5.74) is 4.16. The molecule has 0 saturated carbocycles. The van der Waals surface area contributed by atoms with Crippen molar-refractivity contribution in [2.75, 3.05) is 7.11 Å². The molecule has 0 saturated heterocycles. The van der Waals surface area contributed by atoms with Crippen LogP contribution in [0.5, 0.6) is 0 Å². The number of methoxy groups -OCH3 is 1. The number of aryl methyl sites for hydroxylation is 3. The van der Waals surface area contributed by atoms with Gasteiger partial charge in [0, 0.05) is 23.9 Å². The van der Waals surface area contributed by atoms with E-state index < -0.39 is 17.4 Å². The van der Waals surface area contributed by atoms with Crippen molar-refractivity contribution in [3.05, 3.63) is 28.7 Å². The summed E-state index contributed by atoms with van der Waals surface area (Å²) in [6.07, 6.45) is 0.794. The summed E-state index contributed by atoms with van der Waals surface area (Å²) in [5.74, 6) is -0.626. The number of nitrogens with zero attached hydrogens (tertiary/aromatic N) is 3. The van der Waals surface area contributed by atoms with E-state index in [-0.39, 0.29) is 12.3 Å². The number of rotatable bonds is 5. The van der Waals surface area contributed by atoms with Crippen LogP contribution in [0.2, 0.25) is 0 Å². The van der Waals surface area contributed by atoms with Crippen molar-refractivity contribution in [1.82, 2.24) is 19.9 Å². The average molecular weight is 360 g/mol. The molecule has 26 heavy (non-hydrogen) atoms. The monoisotopic (exact) mass is 360 g/mol. The van der Waals surface area contributed by atoms with Crippen molar-refractivity contribution in [1.29, 1.82) is 0 Å². The van der Waals surface area contributed by atoms with Gasteiger partial charge in [0.05, 0.1) is 12.8 Å². The minimum absolute atomic E-state index is 0.189. The van der Waals surface area contributed by atoms with Gasteiger partial charge < -0.3 is 10.1 Å². The van der Waals surface area contributed by atoms with E-state index in [1.807, 2.05) is 52.1 Å². The Labute approximate surface area is 154 Å². The molecular weight excluding hydrogens is 332 g/mol. The number of fused-ring (bicyclic) bond motifs is 1. The molecular formula is C19H28N4O3. The number of hydrogen-bond acceptors (Lipinski definition) is 5. The Hall–Kier alpha value is -2.44. The number of aromatic nitrogens is 3. The van der Waals surface area contributed by atoms with Gasteiger partial charge in [-0.25, -0.2) is 14.3 Å². The van der Waals surface area contributed by atoms with Crippen LogP contribution >= 0.6 is 0 Å². The Balaban J connectivity index is 2.14. The first-order valence-corrected chi connectivity index (χ1v) is 8.74. The Morgan fingerprint density at radius 3 is 2.50 bits per heavy atom. The highest BCUT2D eigenvalue weighted by molar-refractivity contribution is 5.85. The first kappa shape index (κ1) is 19.9. The Kier molecular flexibility index (Phi) is 5.68. The normalized spacial score (nSPS) is 12.9. The first-order chi connectivity index (χ1) is 12.0. The second-order valence-corrected chi connectivity index (χ2v) is 7.71. The van der Waals surface area contributed by atoms with Crippen molar-refractivity contribution in [3.8, 4) is 0 Å². The van der Waals surface area contributed by atoms with Crippen LogP contribution in [-0.2, 0) is 20.7 Å². The summed E-state index contributed by atoms with van der Waals surface area (Å²) in [6.45, 7) is 11.5. The molecule has 2 aromatic heterocycles. The molecule has 0 aliphatic rings. The number of esters is 1. The molecule has 2 heterocycles. The zero-order valence-electron chi connectivity index (χ0n) is 16.6. The second kappa shape index (κ2) is 7.43. The highest BCUT2D eigenvalue weighted by atomic mass is 16.5. The van der Waals surface area contributed by atoms with Gasteiger partial charge in [-0.05, 0) is 38.2 Å². The van der Waals surface area contributed by atoms with E-state index >= 15 is 0 Å². The summed E-state index contributed by atoms with van der Waals surface area (Å²) >= 11 is 0. The van der Waals surface area contributed by atoms with Crippen LogP contribution in [-0.4, -0.2) is 39.6 Å². The minimum atomic E-state index is -0.684. The third-order valence-electron chi connectivity index (χ3n) is 4.50. The molecule has 0 spiro atoms. The van der Waals surface area contributed by atoms with Crippen LogP contribution in [0.25, 0.3) is 5.65 Å². The van der Waals surface area contributed by atoms with Gasteiger partial charge in [-0.2, -0.15) is 5.10 Å². The van der Waals surface area contributed by atoms with E-state index in [9.17, 15) is 9.59 Å². The molecule has 7 nitrogen and oxygen atoms in total. The van der Waals surface area contributed by atoms with Crippen molar-refractivity contribution in [3.63, 3.8) is 0 Å². The quantitative estimate of drug-likeness (QED) is 0.827. The number of carbonyl (C=O) groups excluding carboxylic acids is 2. The Bertz CT molecular complexity index is 833. The zero-order valence-corrected chi connectivity index (χ0v) is 16.6. The molecule has 1 atom stereocenters. The molecule has 0 aliphatic heterocycles. The van der Waals surface area contributed by atoms with Crippen LogP contribution in [0.15, 0.2) is 6.07 Å². The molecule has 0 unspecified atom stereocenters. The predicted octanol–water partition coefficient (Wildman–Crippen LogP) is 2.29. The van der Waals surface area contributed by atoms with E-state index in [1.54, 1.807) is 0 Å². The highest BCUT2D eigenvalue weighted by Crippen LogP contribution is 2.21. The molecule has 0 bridgehead atoms. The first-order valence-electron chi connectivity index (χ1n) is 8.74. The smallest absolute Gasteiger partial charge is 0.328 e. The maximum atomic E-state index is 12.4.